The fourth-order valence-corrected chi connectivity index (χ4v) is 10.8. The fourth-order valence-electron chi connectivity index (χ4n) is 9.15. The number of anilines is 1. The Bertz CT molecular complexity index is 2270. The first kappa shape index (κ1) is 45.9. The average molecular weight is 894 g/mol. The number of nitrogens with one attached hydrogen (secondary N) is 1. The summed E-state index contributed by atoms with van der Waals surface area (Å²) in [5.41, 5.74) is 4.15. The number of rotatable bonds is 21. The van der Waals surface area contributed by atoms with Crippen molar-refractivity contribution in [3.63, 3.8) is 0 Å². The van der Waals surface area contributed by atoms with Gasteiger partial charge in [-0.2, -0.15) is 0 Å². The molecule has 7 rings (SSSR count). The van der Waals surface area contributed by atoms with Crippen molar-refractivity contribution in [2.24, 2.45) is 22.9 Å². The number of unbranched alkanes of at least 4 members (excludes halogenated alkanes) is 2. The lowest BCUT2D eigenvalue weighted by Gasteiger charge is -2.58. The summed E-state index contributed by atoms with van der Waals surface area (Å²) in [5, 5.41) is 38.6. The van der Waals surface area contributed by atoms with Crippen LogP contribution in [0.3, 0.4) is 0 Å². The Hall–Kier alpha value is -5.12. The lowest BCUT2D eigenvalue weighted by atomic mass is 9.56. The van der Waals surface area contributed by atoms with E-state index in [0.717, 1.165) is 63.6 Å². The second-order valence-corrected chi connectivity index (χ2v) is 18.2. The Balaban J connectivity index is 1.38. The van der Waals surface area contributed by atoms with Crippen LogP contribution in [0.1, 0.15) is 68.9 Å². The van der Waals surface area contributed by atoms with Crippen molar-refractivity contribution in [3.05, 3.63) is 137 Å². The molecule has 3 aliphatic rings. The minimum absolute atomic E-state index is 0.00277. The lowest BCUT2D eigenvalue weighted by Crippen LogP contribution is -2.64. The van der Waals surface area contributed by atoms with Crippen LogP contribution >= 0.6 is 23.5 Å². The van der Waals surface area contributed by atoms with Gasteiger partial charge < -0.3 is 34.6 Å². The first-order valence-electron chi connectivity index (χ1n) is 21.5. The second kappa shape index (κ2) is 21.5. The first-order valence-corrected chi connectivity index (χ1v) is 23.6. The topological polar surface area (TPSA) is 162 Å². The molecule has 1 saturated carbocycles. The molecule has 4 aromatic carbocycles. The number of hydrogen-bond acceptors (Lipinski definition) is 12. The number of oxime groups is 1. The summed E-state index contributed by atoms with van der Waals surface area (Å²) in [5.74, 6) is 0.392. The molecule has 12 nitrogen and oxygen atoms in total. The number of benzene rings is 4. The molecule has 0 unspecified atom stereocenters. The van der Waals surface area contributed by atoms with E-state index in [1.165, 1.54) is 19.1 Å². The number of nitro benzene ring substituents is 1. The standard InChI is InChI=1S/C49H55N3O9S2/c1-4-27-58-49-46(63-40-20-13-35(14-21-40)50-32(2)55)30-44(51-59-31-33-11-15-36(16-12-33)52(56)57)42-28-34(9-5-7-25-53)41(10-6-8-26-54)47(48(42)49)43-29-38(19-24-45(43)61-49)60-37-17-22-39(62-3)23-18-37/h4,11-24,28-29,34,41,46-48,53-54H,1,5-10,25-27,30-31H2,2-3H3,(H,50,55)/t34-,41+,46-,47+,48+,49+/m0/s1. The molecule has 2 aliphatic carbocycles. The minimum atomic E-state index is -1.21. The number of carbonyl (C=O) groups is 1. The molecule has 3 N–H and O–H groups in total. The largest absolute Gasteiger partial charge is 0.460 e. The molecule has 0 saturated heterocycles. The van der Waals surface area contributed by atoms with Gasteiger partial charge >= 0.3 is 0 Å². The van der Waals surface area contributed by atoms with E-state index < -0.39 is 10.7 Å². The number of nitro groups is 1. The Kier molecular flexibility index (Phi) is 15.7. The van der Waals surface area contributed by atoms with Crippen molar-refractivity contribution >= 4 is 46.5 Å². The Morgan fingerprint density at radius 1 is 0.968 bits per heavy atom. The predicted molar refractivity (Wildman–Crippen MR) is 248 cm³/mol. The highest BCUT2D eigenvalue weighted by Crippen LogP contribution is 2.63. The number of hydrogen-bond donors (Lipinski definition) is 3. The summed E-state index contributed by atoms with van der Waals surface area (Å²) in [7, 11) is 0. The van der Waals surface area contributed by atoms with Gasteiger partial charge in [-0.3, -0.25) is 14.9 Å². The predicted octanol–water partition coefficient (Wildman–Crippen LogP) is 10.7. The Morgan fingerprint density at radius 3 is 2.33 bits per heavy atom. The van der Waals surface area contributed by atoms with Crippen LogP contribution in [-0.2, 0) is 21.0 Å². The molecule has 0 bridgehead atoms. The maximum absolute atomic E-state index is 11.9. The third-order valence-electron chi connectivity index (χ3n) is 11.9. The van der Waals surface area contributed by atoms with Gasteiger partial charge in [0, 0.05) is 65.7 Å². The average Bonchev–Trinajstić information content (AvgIpc) is 3.28. The highest BCUT2D eigenvalue weighted by atomic mass is 32.2. The Labute approximate surface area is 377 Å². The minimum Gasteiger partial charge on any atom is -0.460 e. The summed E-state index contributed by atoms with van der Waals surface area (Å²) >= 11 is 3.28. The summed E-state index contributed by atoms with van der Waals surface area (Å²) in [4.78, 5) is 31.0. The Morgan fingerprint density at radius 2 is 1.67 bits per heavy atom. The molecule has 0 spiro atoms. The van der Waals surface area contributed by atoms with Gasteiger partial charge in [-0.05, 0) is 134 Å². The number of nitrogens with zero attached hydrogens (tertiary/aromatic N) is 2. The number of aliphatic hydroxyl groups is 2. The summed E-state index contributed by atoms with van der Waals surface area (Å²) in [6, 6.07) is 28.0. The lowest BCUT2D eigenvalue weighted by molar-refractivity contribution is -0.384. The van der Waals surface area contributed by atoms with E-state index in [4.69, 9.17) is 24.2 Å². The smallest absolute Gasteiger partial charge is 0.269 e. The van der Waals surface area contributed by atoms with Crippen LogP contribution in [0.5, 0.6) is 17.2 Å². The van der Waals surface area contributed by atoms with E-state index >= 15 is 0 Å². The third-order valence-corrected chi connectivity index (χ3v) is 14.0. The van der Waals surface area contributed by atoms with Crippen LogP contribution in [0.15, 0.2) is 130 Å². The number of allylic oxidation sites excluding steroid dienone is 1. The second-order valence-electron chi connectivity index (χ2n) is 16.0. The molecule has 63 heavy (non-hydrogen) atoms. The van der Waals surface area contributed by atoms with Gasteiger partial charge in [-0.15, -0.1) is 30.1 Å². The number of amides is 1. The van der Waals surface area contributed by atoms with E-state index in [-0.39, 0.29) is 66.9 Å². The summed E-state index contributed by atoms with van der Waals surface area (Å²) in [6.07, 6.45) is 11.2. The van der Waals surface area contributed by atoms with Crippen LogP contribution in [0.25, 0.3) is 0 Å². The summed E-state index contributed by atoms with van der Waals surface area (Å²) < 4.78 is 20.9. The van der Waals surface area contributed by atoms with Crippen LogP contribution in [0, 0.1) is 27.9 Å². The normalized spacial score (nSPS) is 22.8. The van der Waals surface area contributed by atoms with Gasteiger partial charge in [0.05, 0.1) is 28.4 Å². The molecule has 1 heterocycles. The van der Waals surface area contributed by atoms with E-state index in [2.05, 4.69) is 24.0 Å². The third kappa shape index (κ3) is 10.8. The number of fused-ring (bicyclic) bond motifs is 2. The van der Waals surface area contributed by atoms with Gasteiger partial charge in [0.1, 0.15) is 23.9 Å². The monoisotopic (exact) mass is 893 g/mol. The molecule has 0 aromatic heterocycles. The molecule has 1 fully saturated rings. The van der Waals surface area contributed by atoms with Gasteiger partial charge in [-0.1, -0.05) is 30.1 Å². The molecule has 1 aliphatic heterocycles. The van der Waals surface area contributed by atoms with Crippen molar-refractivity contribution in [2.75, 3.05) is 31.4 Å². The maximum atomic E-state index is 11.9. The van der Waals surface area contributed by atoms with Crippen LogP contribution in [0.2, 0.25) is 0 Å². The quantitative estimate of drug-likeness (QED) is 0.0240. The molecule has 6 atom stereocenters. The number of thioether (sulfide) groups is 2. The number of carbonyl (C=O) groups excluding carboxylic acids is 1. The molecule has 4 aromatic rings. The fraction of sp³-hybridized carbons (Fsp3) is 0.388. The highest BCUT2D eigenvalue weighted by Gasteiger charge is 2.64. The van der Waals surface area contributed by atoms with Gasteiger partial charge in [0.2, 0.25) is 11.7 Å². The van der Waals surface area contributed by atoms with Crippen LogP contribution < -0.4 is 14.8 Å². The van der Waals surface area contributed by atoms with Crippen LogP contribution in [0.4, 0.5) is 11.4 Å². The van der Waals surface area contributed by atoms with E-state index in [1.54, 1.807) is 41.7 Å². The first-order chi connectivity index (χ1) is 30.7. The van der Waals surface area contributed by atoms with Gasteiger partial charge in [0.25, 0.3) is 5.69 Å². The van der Waals surface area contributed by atoms with E-state index in [1.807, 2.05) is 66.9 Å². The van der Waals surface area contributed by atoms with Crippen molar-refractivity contribution in [2.45, 2.75) is 85.2 Å². The maximum Gasteiger partial charge on any atom is 0.269 e. The van der Waals surface area contributed by atoms with Crippen molar-refractivity contribution in [1.82, 2.24) is 0 Å². The highest BCUT2D eigenvalue weighted by molar-refractivity contribution is 8.00. The zero-order valence-electron chi connectivity index (χ0n) is 35.7. The number of aliphatic hydroxyl groups excluding tert-OH is 2. The van der Waals surface area contributed by atoms with Gasteiger partial charge in [-0.25, -0.2) is 0 Å². The van der Waals surface area contributed by atoms with Crippen LogP contribution in [-0.4, -0.2) is 63.9 Å². The number of non-ortho nitro benzene ring substituents is 1. The van der Waals surface area contributed by atoms with Crippen molar-refractivity contribution < 1.29 is 39.0 Å². The molecular formula is C49H55N3O9S2. The van der Waals surface area contributed by atoms with Crippen molar-refractivity contribution in [3.8, 4) is 17.2 Å². The zero-order valence-corrected chi connectivity index (χ0v) is 37.3. The molecule has 14 heteroatoms. The van der Waals surface area contributed by atoms with E-state index in [9.17, 15) is 25.1 Å². The zero-order chi connectivity index (χ0) is 44.3. The number of ether oxygens (including phenoxy) is 3. The SMILES string of the molecule is C=CCO[C@@]12Oc3ccc(Oc4ccc(SC)cc4)cc3[C@H]3[C@H](CCCCO)[C@@H](CCCCO)C=C(C(=NOCc4ccc([N+](=O)[O-])cc4)C[C@@H]1Sc1ccc(NC(C)=O)cc1)[C@H]32. The molecular weight excluding hydrogens is 839 g/mol. The van der Waals surface area contributed by atoms with Gasteiger partial charge in [0.15, 0.2) is 0 Å². The molecule has 0 radical (unpaired) electrons. The summed E-state index contributed by atoms with van der Waals surface area (Å²) in [6.45, 7) is 6.04. The van der Waals surface area contributed by atoms with E-state index in [0.29, 0.717) is 36.4 Å². The molecule has 332 valence electrons. The molecule has 1 amide bonds. The van der Waals surface area contributed by atoms with Crippen molar-refractivity contribution in [1.29, 1.82) is 0 Å².